The third kappa shape index (κ3) is 1.01. The van der Waals surface area contributed by atoms with Crippen molar-refractivity contribution in [3.8, 4) is 0 Å². The lowest BCUT2D eigenvalue weighted by Crippen LogP contribution is -1.94. The molecule has 0 aliphatic heterocycles. The van der Waals surface area contributed by atoms with E-state index in [4.69, 9.17) is 5.41 Å². The molecule has 1 N–H and O–H groups in total. The fourth-order valence-electron chi connectivity index (χ4n) is 1.40. The summed E-state index contributed by atoms with van der Waals surface area (Å²) in [5.41, 5.74) is 1.20. The molecular weight excluding hydrogens is 148 g/mol. The smallest absolute Gasteiger partial charge is 0.0571 e. The molecule has 0 aliphatic rings. The second kappa shape index (κ2) is 2.81. The van der Waals surface area contributed by atoms with Crippen LogP contribution >= 0.6 is 0 Å². The van der Waals surface area contributed by atoms with Crippen molar-refractivity contribution in [2.24, 2.45) is 0 Å². The van der Waals surface area contributed by atoms with Gasteiger partial charge in [-0.2, -0.15) is 0 Å². The molecular formula is C10H10N2. The Morgan fingerprint density at radius 3 is 2.92 bits per heavy atom. The molecule has 0 saturated heterocycles. The fraction of sp³-hybridized carbons (Fsp3) is 0.100. The highest BCUT2D eigenvalue weighted by atomic mass is 14.9. The van der Waals surface area contributed by atoms with Crippen molar-refractivity contribution in [3.05, 3.63) is 36.5 Å². The quantitative estimate of drug-likeness (QED) is 0.650. The van der Waals surface area contributed by atoms with Crippen LogP contribution in [-0.2, 0) is 6.54 Å². The van der Waals surface area contributed by atoms with E-state index in [1.807, 2.05) is 18.3 Å². The zero-order valence-corrected chi connectivity index (χ0v) is 6.70. The molecule has 0 amide bonds. The number of benzene rings is 1. The molecule has 0 saturated carbocycles. The summed E-state index contributed by atoms with van der Waals surface area (Å²) >= 11 is 0. The summed E-state index contributed by atoms with van der Waals surface area (Å²) in [5, 5.41) is 8.24. The van der Waals surface area contributed by atoms with E-state index in [2.05, 4.69) is 22.8 Å². The summed E-state index contributed by atoms with van der Waals surface area (Å²) in [6.07, 6.45) is 3.42. The Morgan fingerprint density at radius 1 is 1.25 bits per heavy atom. The SMILES string of the molecule is N=CCn1ccc2ccccc21. The number of para-hydroxylation sites is 1. The maximum atomic E-state index is 7.01. The number of nitrogens with one attached hydrogen (secondary N) is 1. The van der Waals surface area contributed by atoms with Gasteiger partial charge in [0.1, 0.15) is 0 Å². The summed E-state index contributed by atoms with van der Waals surface area (Å²) in [4.78, 5) is 0. The molecule has 0 unspecified atom stereocenters. The van der Waals surface area contributed by atoms with Crippen LogP contribution in [0.25, 0.3) is 10.9 Å². The molecule has 0 bridgehead atoms. The Bertz CT molecular complexity index is 401. The van der Waals surface area contributed by atoms with Gasteiger partial charge >= 0.3 is 0 Å². The lowest BCUT2D eigenvalue weighted by Gasteiger charge is -1.98. The first kappa shape index (κ1) is 7.10. The zero-order valence-electron chi connectivity index (χ0n) is 6.70. The number of fused-ring (bicyclic) bond motifs is 1. The molecule has 1 aromatic carbocycles. The van der Waals surface area contributed by atoms with Crippen LogP contribution in [-0.4, -0.2) is 10.8 Å². The molecule has 2 nitrogen and oxygen atoms in total. The maximum absolute atomic E-state index is 7.01. The van der Waals surface area contributed by atoms with Crippen molar-refractivity contribution in [1.29, 1.82) is 5.41 Å². The van der Waals surface area contributed by atoms with E-state index in [-0.39, 0.29) is 0 Å². The van der Waals surface area contributed by atoms with E-state index in [9.17, 15) is 0 Å². The van der Waals surface area contributed by atoms with Crippen molar-refractivity contribution in [2.75, 3.05) is 0 Å². The molecule has 0 aliphatic carbocycles. The van der Waals surface area contributed by atoms with E-state index in [0.717, 1.165) is 0 Å². The number of hydrogen-bond acceptors (Lipinski definition) is 1. The van der Waals surface area contributed by atoms with Gasteiger partial charge in [0.2, 0.25) is 0 Å². The minimum atomic E-state index is 0.660. The minimum Gasteiger partial charge on any atom is -0.342 e. The Kier molecular flexibility index (Phi) is 1.67. The number of rotatable bonds is 2. The first-order valence-electron chi connectivity index (χ1n) is 3.94. The van der Waals surface area contributed by atoms with Gasteiger partial charge in [-0.3, -0.25) is 0 Å². The van der Waals surface area contributed by atoms with Crippen LogP contribution < -0.4 is 0 Å². The normalized spacial score (nSPS) is 10.3. The van der Waals surface area contributed by atoms with Crippen molar-refractivity contribution in [3.63, 3.8) is 0 Å². The molecule has 0 fully saturated rings. The summed E-state index contributed by atoms with van der Waals surface area (Å²) in [7, 11) is 0. The molecule has 2 heteroatoms. The first-order valence-corrected chi connectivity index (χ1v) is 3.94. The van der Waals surface area contributed by atoms with Crippen LogP contribution in [0.15, 0.2) is 36.5 Å². The third-order valence-electron chi connectivity index (χ3n) is 1.97. The van der Waals surface area contributed by atoms with Crippen molar-refractivity contribution < 1.29 is 0 Å². The van der Waals surface area contributed by atoms with Gasteiger partial charge < -0.3 is 9.98 Å². The highest BCUT2D eigenvalue weighted by Gasteiger charge is 1.96. The number of nitrogens with zero attached hydrogens (tertiary/aromatic N) is 1. The topological polar surface area (TPSA) is 28.8 Å². The molecule has 1 heterocycles. The van der Waals surface area contributed by atoms with Crippen LogP contribution in [0.4, 0.5) is 0 Å². The van der Waals surface area contributed by atoms with E-state index < -0.39 is 0 Å². The van der Waals surface area contributed by atoms with Crippen molar-refractivity contribution in [2.45, 2.75) is 6.54 Å². The monoisotopic (exact) mass is 158 g/mol. The summed E-state index contributed by atoms with van der Waals surface area (Å²) in [6.45, 7) is 0.660. The Labute approximate surface area is 70.9 Å². The molecule has 0 atom stereocenters. The van der Waals surface area contributed by atoms with Crippen LogP contribution in [0.1, 0.15) is 0 Å². The second-order valence-electron chi connectivity index (χ2n) is 2.73. The van der Waals surface area contributed by atoms with E-state index >= 15 is 0 Å². The van der Waals surface area contributed by atoms with Gasteiger partial charge in [-0.15, -0.1) is 0 Å². The molecule has 1 aromatic heterocycles. The maximum Gasteiger partial charge on any atom is 0.0571 e. The first-order chi connectivity index (χ1) is 5.92. The summed E-state index contributed by atoms with van der Waals surface area (Å²) < 4.78 is 2.06. The predicted molar refractivity (Wildman–Crippen MR) is 50.7 cm³/mol. The van der Waals surface area contributed by atoms with E-state index in [1.54, 1.807) is 0 Å². The van der Waals surface area contributed by atoms with Gasteiger partial charge in [-0.1, -0.05) is 18.2 Å². The Hall–Kier alpha value is -1.57. The van der Waals surface area contributed by atoms with Gasteiger partial charge in [0.15, 0.2) is 0 Å². The average Bonchev–Trinajstić information content (AvgIpc) is 2.50. The highest BCUT2D eigenvalue weighted by molar-refractivity contribution is 5.80. The Morgan fingerprint density at radius 2 is 2.08 bits per heavy atom. The van der Waals surface area contributed by atoms with Crippen LogP contribution in [0.2, 0.25) is 0 Å². The van der Waals surface area contributed by atoms with Gasteiger partial charge in [-0.05, 0) is 17.5 Å². The average molecular weight is 158 g/mol. The molecule has 2 rings (SSSR count). The highest BCUT2D eigenvalue weighted by Crippen LogP contribution is 2.13. The lowest BCUT2D eigenvalue weighted by atomic mass is 10.2. The molecule has 0 radical (unpaired) electrons. The number of aromatic nitrogens is 1. The van der Waals surface area contributed by atoms with Gasteiger partial charge in [0.05, 0.1) is 6.54 Å². The zero-order chi connectivity index (χ0) is 8.39. The van der Waals surface area contributed by atoms with Gasteiger partial charge in [0, 0.05) is 17.9 Å². The molecule has 12 heavy (non-hydrogen) atoms. The standard InChI is InChI=1S/C10H10N2/c11-6-8-12-7-5-9-3-1-2-4-10(9)12/h1-7,11H,8H2. The summed E-state index contributed by atoms with van der Waals surface area (Å²) in [5.74, 6) is 0. The van der Waals surface area contributed by atoms with Crippen LogP contribution in [0.3, 0.4) is 0 Å². The van der Waals surface area contributed by atoms with Crippen LogP contribution in [0.5, 0.6) is 0 Å². The predicted octanol–water partition coefficient (Wildman–Crippen LogP) is 2.29. The fourth-order valence-corrected chi connectivity index (χ4v) is 1.40. The number of hydrogen-bond donors (Lipinski definition) is 1. The summed E-state index contributed by atoms with van der Waals surface area (Å²) in [6, 6.07) is 10.3. The van der Waals surface area contributed by atoms with Gasteiger partial charge in [-0.25, -0.2) is 0 Å². The second-order valence-corrected chi connectivity index (χ2v) is 2.73. The molecule has 2 aromatic rings. The van der Waals surface area contributed by atoms with Crippen LogP contribution in [0, 0.1) is 5.41 Å². The van der Waals surface area contributed by atoms with Gasteiger partial charge in [0.25, 0.3) is 0 Å². The van der Waals surface area contributed by atoms with E-state index in [1.165, 1.54) is 17.1 Å². The van der Waals surface area contributed by atoms with Crippen molar-refractivity contribution >= 4 is 17.1 Å². The van der Waals surface area contributed by atoms with E-state index in [0.29, 0.717) is 6.54 Å². The molecule has 60 valence electrons. The lowest BCUT2D eigenvalue weighted by molar-refractivity contribution is 0.907. The molecule has 0 spiro atoms. The third-order valence-corrected chi connectivity index (χ3v) is 1.97. The minimum absolute atomic E-state index is 0.660. The Balaban J connectivity index is 2.62. The largest absolute Gasteiger partial charge is 0.342 e. The van der Waals surface area contributed by atoms with Crippen molar-refractivity contribution in [1.82, 2.24) is 4.57 Å².